The van der Waals surface area contributed by atoms with Gasteiger partial charge in [-0.05, 0) is 36.6 Å². The van der Waals surface area contributed by atoms with Crippen LogP contribution in [0, 0.1) is 0 Å². The Balaban J connectivity index is 2.17. The first-order valence-corrected chi connectivity index (χ1v) is 6.93. The molecule has 1 aliphatic rings. The third-order valence-corrected chi connectivity index (χ3v) is 4.29. The van der Waals surface area contributed by atoms with E-state index in [2.05, 4.69) is 0 Å². The van der Waals surface area contributed by atoms with Crippen LogP contribution in [0.5, 0.6) is 5.75 Å². The van der Waals surface area contributed by atoms with Gasteiger partial charge in [0.15, 0.2) is 6.29 Å². The average molecular weight is 275 g/mol. The van der Waals surface area contributed by atoms with Gasteiger partial charge in [0.2, 0.25) is 0 Å². The first-order valence-electron chi connectivity index (χ1n) is 6.12. The van der Waals surface area contributed by atoms with Gasteiger partial charge < -0.3 is 9.30 Å². The molecule has 0 saturated heterocycles. The van der Waals surface area contributed by atoms with Gasteiger partial charge in [0.05, 0.1) is 17.2 Å². The number of aryl methyl sites for hydroxylation is 1. The summed E-state index contributed by atoms with van der Waals surface area (Å²) in [6, 6.07) is 5.84. The molecule has 0 radical (unpaired) electrons. The average Bonchev–Trinajstić information content (AvgIpc) is 2.74. The lowest BCUT2D eigenvalue weighted by molar-refractivity contribution is 0.112. The Hall–Kier alpha value is -1.88. The highest BCUT2D eigenvalue weighted by molar-refractivity contribution is 7.11. The van der Waals surface area contributed by atoms with E-state index in [1.807, 2.05) is 18.2 Å². The molecule has 2 heterocycles. The Labute approximate surface area is 114 Å². The van der Waals surface area contributed by atoms with Crippen molar-refractivity contribution in [2.75, 3.05) is 6.61 Å². The van der Waals surface area contributed by atoms with Crippen LogP contribution in [0.15, 0.2) is 23.0 Å². The topological polar surface area (TPSA) is 48.3 Å². The first kappa shape index (κ1) is 12.2. The summed E-state index contributed by atoms with van der Waals surface area (Å²) in [4.78, 5) is 23.1. The van der Waals surface area contributed by atoms with Crippen molar-refractivity contribution in [3.05, 3.63) is 38.3 Å². The molecule has 2 aromatic rings. The summed E-state index contributed by atoms with van der Waals surface area (Å²) in [6.45, 7) is 0.753. The lowest BCUT2D eigenvalue weighted by Gasteiger charge is -2.18. The molecule has 0 N–H and O–H groups in total. The van der Waals surface area contributed by atoms with Gasteiger partial charge in [-0.15, -0.1) is 0 Å². The molecule has 0 spiro atoms. The molecule has 5 heteroatoms. The minimum atomic E-state index is -0.119. The van der Waals surface area contributed by atoms with E-state index in [4.69, 9.17) is 4.74 Å². The maximum Gasteiger partial charge on any atom is 0.308 e. The highest BCUT2D eigenvalue weighted by Gasteiger charge is 2.17. The molecule has 0 bridgehead atoms. The summed E-state index contributed by atoms with van der Waals surface area (Å²) in [7, 11) is 1.69. The fraction of sp³-hybridized carbons (Fsp3) is 0.286. The maximum absolute atomic E-state index is 11.7. The zero-order valence-electron chi connectivity index (χ0n) is 10.5. The molecular formula is C14H13NO3S. The zero-order chi connectivity index (χ0) is 13.4. The second-order valence-electron chi connectivity index (χ2n) is 4.53. The normalized spacial score (nSPS) is 13.7. The van der Waals surface area contributed by atoms with Crippen molar-refractivity contribution in [3.8, 4) is 17.0 Å². The minimum absolute atomic E-state index is 0.119. The van der Waals surface area contributed by atoms with E-state index in [9.17, 15) is 9.59 Å². The molecule has 0 amide bonds. The molecule has 0 unspecified atom stereocenters. The molecule has 19 heavy (non-hydrogen) atoms. The van der Waals surface area contributed by atoms with E-state index in [1.54, 1.807) is 7.05 Å². The van der Waals surface area contributed by atoms with Crippen LogP contribution >= 0.6 is 11.3 Å². The Kier molecular flexibility index (Phi) is 2.98. The number of hydrogen-bond acceptors (Lipinski definition) is 4. The molecule has 98 valence electrons. The third-order valence-electron chi connectivity index (χ3n) is 3.33. The lowest BCUT2D eigenvalue weighted by atomic mass is 10.0. The second kappa shape index (κ2) is 4.66. The maximum atomic E-state index is 11.7. The van der Waals surface area contributed by atoms with Gasteiger partial charge in [0, 0.05) is 12.6 Å². The monoisotopic (exact) mass is 275 g/mol. The SMILES string of the molecule is Cn1c(-c2ccc3c(c2)CCCO3)c(C=O)sc1=O. The number of carbonyl (C=O) groups excluding carboxylic acids is 1. The van der Waals surface area contributed by atoms with Crippen molar-refractivity contribution in [3.63, 3.8) is 0 Å². The van der Waals surface area contributed by atoms with Crippen LogP contribution in [0.25, 0.3) is 11.3 Å². The van der Waals surface area contributed by atoms with Crippen molar-refractivity contribution >= 4 is 17.6 Å². The largest absolute Gasteiger partial charge is 0.493 e. The molecule has 0 saturated carbocycles. The molecule has 4 nitrogen and oxygen atoms in total. The Morgan fingerprint density at radius 1 is 1.42 bits per heavy atom. The van der Waals surface area contributed by atoms with E-state index >= 15 is 0 Å². The van der Waals surface area contributed by atoms with Gasteiger partial charge in [-0.3, -0.25) is 9.59 Å². The summed E-state index contributed by atoms with van der Waals surface area (Å²) >= 11 is 0.981. The van der Waals surface area contributed by atoms with Gasteiger partial charge in [-0.25, -0.2) is 0 Å². The van der Waals surface area contributed by atoms with E-state index in [0.29, 0.717) is 10.6 Å². The fourth-order valence-electron chi connectivity index (χ4n) is 2.39. The van der Waals surface area contributed by atoms with E-state index in [-0.39, 0.29) is 4.87 Å². The first-order chi connectivity index (χ1) is 9.20. The van der Waals surface area contributed by atoms with Crippen LogP contribution in [-0.4, -0.2) is 17.5 Å². The molecule has 0 atom stereocenters. The van der Waals surface area contributed by atoms with Crippen LogP contribution in [0.4, 0.5) is 0 Å². The number of benzene rings is 1. The number of fused-ring (bicyclic) bond motifs is 1. The Morgan fingerprint density at radius 2 is 2.26 bits per heavy atom. The number of rotatable bonds is 2. The zero-order valence-corrected chi connectivity index (χ0v) is 11.3. The quantitative estimate of drug-likeness (QED) is 0.790. The molecular weight excluding hydrogens is 262 g/mol. The second-order valence-corrected chi connectivity index (χ2v) is 5.53. The van der Waals surface area contributed by atoms with Crippen molar-refractivity contribution in [1.29, 1.82) is 0 Å². The Bertz CT molecular complexity index is 699. The number of thiazole rings is 1. The summed E-state index contributed by atoms with van der Waals surface area (Å²) in [5, 5.41) is 0. The minimum Gasteiger partial charge on any atom is -0.493 e. The van der Waals surface area contributed by atoms with E-state index in [0.717, 1.165) is 53.9 Å². The number of nitrogens with zero attached hydrogens (tertiary/aromatic N) is 1. The highest BCUT2D eigenvalue weighted by Crippen LogP contribution is 2.31. The van der Waals surface area contributed by atoms with Crippen LogP contribution in [0.2, 0.25) is 0 Å². The van der Waals surface area contributed by atoms with Crippen molar-refractivity contribution < 1.29 is 9.53 Å². The molecule has 1 aromatic carbocycles. The van der Waals surface area contributed by atoms with Crippen LogP contribution in [-0.2, 0) is 13.5 Å². The van der Waals surface area contributed by atoms with Gasteiger partial charge in [-0.2, -0.15) is 0 Å². The van der Waals surface area contributed by atoms with Crippen molar-refractivity contribution in [2.24, 2.45) is 7.05 Å². The van der Waals surface area contributed by atoms with Gasteiger partial charge >= 0.3 is 4.87 Å². The predicted molar refractivity (Wildman–Crippen MR) is 74.2 cm³/mol. The number of ether oxygens (including phenoxy) is 1. The van der Waals surface area contributed by atoms with Gasteiger partial charge in [0.1, 0.15) is 5.75 Å². The molecule has 0 fully saturated rings. The van der Waals surface area contributed by atoms with Crippen LogP contribution in [0.3, 0.4) is 0 Å². The van der Waals surface area contributed by atoms with Gasteiger partial charge in [-0.1, -0.05) is 11.3 Å². The van der Waals surface area contributed by atoms with Crippen molar-refractivity contribution in [1.82, 2.24) is 4.57 Å². The number of aldehydes is 1. The third kappa shape index (κ3) is 2.00. The van der Waals surface area contributed by atoms with E-state index < -0.39 is 0 Å². The predicted octanol–water partition coefficient (Wildman–Crippen LogP) is 2.25. The summed E-state index contributed by atoms with van der Waals surface area (Å²) in [5.74, 6) is 0.905. The highest BCUT2D eigenvalue weighted by atomic mass is 32.1. The van der Waals surface area contributed by atoms with Crippen LogP contribution in [0.1, 0.15) is 21.7 Å². The molecule has 3 rings (SSSR count). The number of carbonyl (C=O) groups is 1. The van der Waals surface area contributed by atoms with Crippen LogP contribution < -0.4 is 9.61 Å². The smallest absolute Gasteiger partial charge is 0.308 e. The summed E-state index contributed by atoms with van der Waals surface area (Å²) in [5.41, 5.74) is 2.73. The standard InChI is InChI=1S/C14H13NO3S/c1-15-13(12(8-16)19-14(15)17)10-4-5-11-9(7-10)3-2-6-18-11/h4-5,7-8H,2-3,6H2,1H3. The Morgan fingerprint density at radius 3 is 3.05 bits per heavy atom. The lowest BCUT2D eigenvalue weighted by Crippen LogP contribution is -2.10. The molecule has 0 aliphatic carbocycles. The fourth-order valence-corrected chi connectivity index (χ4v) is 3.21. The number of hydrogen-bond donors (Lipinski definition) is 0. The van der Waals surface area contributed by atoms with E-state index in [1.165, 1.54) is 4.57 Å². The summed E-state index contributed by atoms with van der Waals surface area (Å²) in [6.07, 6.45) is 2.72. The van der Waals surface area contributed by atoms with Crippen molar-refractivity contribution in [2.45, 2.75) is 12.8 Å². The molecule has 1 aliphatic heterocycles. The van der Waals surface area contributed by atoms with Gasteiger partial charge in [0.25, 0.3) is 0 Å². The number of aromatic nitrogens is 1. The molecule has 1 aromatic heterocycles. The summed E-state index contributed by atoms with van der Waals surface area (Å²) < 4.78 is 7.10.